The third-order valence-corrected chi connectivity index (χ3v) is 6.26. The number of para-hydroxylation sites is 1. The number of carbonyl (C=O) groups excluding carboxylic acids is 1. The van der Waals surface area contributed by atoms with E-state index >= 15 is 0 Å². The van der Waals surface area contributed by atoms with Crippen LogP contribution in [0.4, 0.5) is 0 Å². The number of hydrogen-bond acceptors (Lipinski definition) is 6. The molecule has 0 aliphatic carbocycles. The minimum Gasteiger partial charge on any atom is -0.457 e. The molecular formula is C25H23ClN4O3. The van der Waals surface area contributed by atoms with Gasteiger partial charge in [0.1, 0.15) is 23.5 Å². The summed E-state index contributed by atoms with van der Waals surface area (Å²) < 4.78 is 5.82. The fraction of sp³-hybridized carbons (Fsp3) is 0.240. The van der Waals surface area contributed by atoms with Gasteiger partial charge >= 0.3 is 0 Å². The largest absolute Gasteiger partial charge is 0.457 e. The van der Waals surface area contributed by atoms with E-state index in [9.17, 15) is 9.90 Å². The molecule has 0 radical (unpaired) electrons. The molecule has 1 aliphatic heterocycles. The second kappa shape index (κ2) is 9.31. The quantitative estimate of drug-likeness (QED) is 0.354. The number of ether oxygens (including phenoxy) is 1. The summed E-state index contributed by atoms with van der Waals surface area (Å²) in [4.78, 5) is 25.3. The Kier molecular flexibility index (Phi) is 6.09. The van der Waals surface area contributed by atoms with Gasteiger partial charge in [0.2, 0.25) is 0 Å². The van der Waals surface area contributed by atoms with Crippen LogP contribution in [-0.2, 0) is 6.42 Å². The first-order valence-electron chi connectivity index (χ1n) is 10.9. The molecule has 3 heterocycles. The number of ketones is 1. The highest BCUT2D eigenvalue weighted by atomic mass is 35.5. The number of H-pyrrole nitrogens is 1. The van der Waals surface area contributed by atoms with Gasteiger partial charge < -0.3 is 20.1 Å². The molecule has 1 fully saturated rings. The van der Waals surface area contributed by atoms with Crippen LogP contribution >= 0.6 is 11.6 Å². The van der Waals surface area contributed by atoms with E-state index in [0.29, 0.717) is 45.1 Å². The Morgan fingerprint density at radius 2 is 1.88 bits per heavy atom. The van der Waals surface area contributed by atoms with Gasteiger partial charge in [-0.3, -0.25) is 4.79 Å². The van der Waals surface area contributed by atoms with Crippen molar-refractivity contribution in [2.24, 2.45) is 0 Å². The van der Waals surface area contributed by atoms with Crippen LogP contribution in [0.5, 0.6) is 11.5 Å². The standard InChI is InChI=1S/C25H23ClN4O3/c26-21-11-18(33-17-4-2-1-3-5-17)8-9-19(21)24(32)20-12-27-25-23(20)22(28-14-29-25)10-15-6-7-16(13-31)30-15/h1-5,8-9,11-12,14-16,30-31H,6-7,10,13H2,(H,27,28,29). The van der Waals surface area contributed by atoms with Crippen molar-refractivity contribution in [3.05, 3.63) is 82.9 Å². The number of aromatic nitrogens is 3. The molecule has 1 aliphatic rings. The van der Waals surface area contributed by atoms with Crippen LogP contribution in [0, 0.1) is 0 Å². The van der Waals surface area contributed by atoms with E-state index in [1.165, 1.54) is 6.33 Å². The summed E-state index contributed by atoms with van der Waals surface area (Å²) in [6, 6.07) is 14.7. The van der Waals surface area contributed by atoms with Gasteiger partial charge in [0.25, 0.3) is 0 Å². The first-order chi connectivity index (χ1) is 16.1. The summed E-state index contributed by atoms with van der Waals surface area (Å²) in [6.45, 7) is 0.117. The van der Waals surface area contributed by atoms with Crippen molar-refractivity contribution in [2.45, 2.75) is 31.3 Å². The van der Waals surface area contributed by atoms with E-state index in [1.54, 1.807) is 24.4 Å². The summed E-state index contributed by atoms with van der Waals surface area (Å²) in [5, 5.41) is 13.8. The fourth-order valence-corrected chi connectivity index (χ4v) is 4.57. The third kappa shape index (κ3) is 4.48. The number of aliphatic hydroxyl groups is 1. The van der Waals surface area contributed by atoms with Crippen LogP contribution < -0.4 is 10.1 Å². The highest BCUT2D eigenvalue weighted by Crippen LogP contribution is 2.31. The molecule has 2 aromatic heterocycles. The van der Waals surface area contributed by atoms with E-state index in [1.807, 2.05) is 30.3 Å². The number of hydrogen-bond donors (Lipinski definition) is 3. The molecule has 33 heavy (non-hydrogen) atoms. The van der Waals surface area contributed by atoms with Crippen molar-refractivity contribution in [1.82, 2.24) is 20.3 Å². The van der Waals surface area contributed by atoms with Crippen LogP contribution in [0.1, 0.15) is 34.5 Å². The van der Waals surface area contributed by atoms with Gasteiger partial charge in [0, 0.05) is 36.3 Å². The number of nitrogens with zero attached hydrogens (tertiary/aromatic N) is 2. The average molecular weight is 463 g/mol. The molecule has 2 aromatic carbocycles. The summed E-state index contributed by atoms with van der Waals surface area (Å²) in [5.74, 6) is 1.03. The molecular weight excluding hydrogens is 440 g/mol. The Bertz CT molecular complexity index is 1290. The lowest BCUT2D eigenvalue weighted by Gasteiger charge is -2.13. The lowest BCUT2D eigenvalue weighted by molar-refractivity contribution is 0.104. The first-order valence-corrected chi connectivity index (χ1v) is 11.2. The topological polar surface area (TPSA) is 100 Å². The number of aromatic amines is 1. The monoisotopic (exact) mass is 462 g/mol. The van der Waals surface area contributed by atoms with Crippen LogP contribution in [0.2, 0.25) is 5.02 Å². The number of halogens is 1. The van der Waals surface area contributed by atoms with Gasteiger partial charge in [-0.15, -0.1) is 0 Å². The van der Waals surface area contributed by atoms with Crippen LogP contribution in [-0.4, -0.2) is 44.5 Å². The first kappa shape index (κ1) is 21.6. The molecule has 0 saturated carbocycles. The molecule has 2 atom stereocenters. The van der Waals surface area contributed by atoms with Gasteiger partial charge in [0.05, 0.1) is 28.3 Å². The minimum absolute atomic E-state index is 0.107. The van der Waals surface area contributed by atoms with E-state index in [4.69, 9.17) is 16.3 Å². The van der Waals surface area contributed by atoms with Gasteiger partial charge in [-0.05, 0) is 37.1 Å². The molecule has 1 saturated heterocycles. The number of nitrogens with one attached hydrogen (secondary N) is 2. The predicted molar refractivity (Wildman–Crippen MR) is 126 cm³/mol. The Hall–Kier alpha value is -3.26. The molecule has 3 N–H and O–H groups in total. The van der Waals surface area contributed by atoms with Gasteiger partial charge in [-0.2, -0.15) is 0 Å². The van der Waals surface area contributed by atoms with E-state index in [0.717, 1.165) is 18.5 Å². The number of carbonyl (C=O) groups is 1. The smallest absolute Gasteiger partial charge is 0.196 e. The predicted octanol–water partition coefficient (Wildman–Crippen LogP) is 4.29. The second-order valence-electron chi connectivity index (χ2n) is 8.16. The van der Waals surface area contributed by atoms with E-state index in [-0.39, 0.29) is 24.5 Å². The maximum Gasteiger partial charge on any atom is 0.196 e. The van der Waals surface area contributed by atoms with E-state index in [2.05, 4.69) is 20.3 Å². The zero-order valence-electron chi connectivity index (χ0n) is 17.8. The summed E-state index contributed by atoms with van der Waals surface area (Å²) in [7, 11) is 0. The molecule has 0 spiro atoms. The summed E-state index contributed by atoms with van der Waals surface area (Å²) in [6.07, 6.45) is 5.67. The van der Waals surface area contributed by atoms with Crippen molar-refractivity contribution in [3.8, 4) is 11.5 Å². The highest BCUT2D eigenvalue weighted by molar-refractivity contribution is 6.35. The molecule has 4 aromatic rings. The Balaban J connectivity index is 1.43. The maximum atomic E-state index is 13.5. The van der Waals surface area contributed by atoms with Gasteiger partial charge in [-0.1, -0.05) is 29.8 Å². The van der Waals surface area contributed by atoms with Crippen LogP contribution in [0.3, 0.4) is 0 Å². The van der Waals surface area contributed by atoms with Gasteiger partial charge in [0.15, 0.2) is 5.78 Å². The number of aliphatic hydroxyl groups excluding tert-OH is 1. The summed E-state index contributed by atoms with van der Waals surface area (Å²) in [5.41, 5.74) is 2.27. The SMILES string of the molecule is O=C(c1ccc(Oc2ccccc2)cc1Cl)c1c[nH]c2ncnc(CC3CCC(CO)N3)c12. The van der Waals surface area contributed by atoms with Crippen molar-refractivity contribution in [2.75, 3.05) is 6.61 Å². The second-order valence-corrected chi connectivity index (χ2v) is 8.56. The number of rotatable bonds is 7. The maximum absolute atomic E-state index is 13.5. The number of fused-ring (bicyclic) bond motifs is 1. The Morgan fingerprint density at radius 3 is 2.64 bits per heavy atom. The molecule has 7 nitrogen and oxygen atoms in total. The molecule has 0 bridgehead atoms. The van der Waals surface area contributed by atoms with Crippen molar-refractivity contribution in [1.29, 1.82) is 0 Å². The lowest BCUT2D eigenvalue weighted by atomic mass is 10.00. The summed E-state index contributed by atoms with van der Waals surface area (Å²) >= 11 is 6.49. The molecule has 0 amide bonds. The molecule has 2 unspecified atom stereocenters. The molecule has 8 heteroatoms. The van der Waals surface area contributed by atoms with Crippen LogP contribution in [0.25, 0.3) is 11.0 Å². The van der Waals surface area contributed by atoms with Crippen molar-refractivity contribution in [3.63, 3.8) is 0 Å². The zero-order chi connectivity index (χ0) is 22.8. The minimum atomic E-state index is -0.207. The average Bonchev–Trinajstić information content (AvgIpc) is 3.47. The Labute approximate surface area is 195 Å². The van der Waals surface area contributed by atoms with Crippen molar-refractivity contribution < 1.29 is 14.6 Å². The van der Waals surface area contributed by atoms with E-state index < -0.39 is 0 Å². The van der Waals surface area contributed by atoms with Gasteiger partial charge in [-0.25, -0.2) is 9.97 Å². The Morgan fingerprint density at radius 1 is 1.06 bits per heavy atom. The molecule has 5 rings (SSSR count). The van der Waals surface area contributed by atoms with Crippen molar-refractivity contribution >= 4 is 28.4 Å². The fourth-order valence-electron chi connectivity index (χ4n) is 4.31. The lowest BCUT2D eigenvalue weighted by Crippen LogP contribution is -2.33. The number of benzene rings is 2. The normalized spacial score (nSPS) is 18.0. The van der Waals surface area contributed by atoms with Crippen LogP contribution in [0.15, 0.2) is 61.1 Å². The highest BCUT2D eigenvalue weighted by Gasteiger charge is 2.26. The zero-order valence-corrected chi connectivity index (χ0v) is 18.5. The third-order valence-electron chi connectivity index (χ3n) is 5.95. The molecule has 168 valence electrons.